The van der Waals surface area contributed by atoms with Crippen LogP contribution in [-0.4, -0.2) is 25.3 Å². The highest BCUT2D eigenvalue weighted by Crippen LogP contribution is 2.26. The Labute approximate surface area is 142 Å². The van der Waals surface area contributed by atoms with E-state index in [1.54, 1.807) is 35.6 Å². The van der Waals surface area contributed by atoms with Gasteiger partial charge in [0.25, 0.3) is 11.7 Å². The van der Waals surface area contributed by atoms with Crippen LogP contribution in [0.2, 0.25) is 0 Å². The van der Waals surface area contributed by atoms with E-state index in [-0.39, 0.29) is 5.91 Å². The Morgan fingerprint density at radius 2 is 2.00 bits per heavy atom. The summed E-state index contributed by atoms with van der Waals surface area (Å²) in [4.78, 5) is 14.9. The molecule has 0 fully saturated rings. The number of anilines is 1. The second kappa shape index (κ2) is 8.42. The maximum absolute atomic E-state index is 12.2. The Morgan fingerprint density at radius 1 is 1.30 bits per heavy atom. The van der Waals surface area contributed by atoms with Crippen LogP contribution in [-0.2, 0) is 11.3 Å². The molecule has 23 heavy (non-hydrogen) atoms. The van der Waals surface area contributed by atoms with E-state index in [0.29, 0.717) is 28.9 Å². The lowest BCUT2D eigenvalue weighted by atomic mass is 10.3. The third-order valence-corrected chi connectivity index (χ3v) is 5.00. The van der Waals surface area contributed by atoms with Gasteiger partial charge in [-0.1, -0.05) is 11.8 Å². The molecule has 2 rings (SSSR count). The second-order valence-corrected chi connectivity index (χ2v) is 7.35. The predicted molar refractivity (Wildman–Crippen MR) is 91.4 cm³/mol. The maximum Gasteiger partial charge on any atom is 0.288 e. The molecule has 1 heterocycles. The highest BCUT2D eigenvalue weighted by molar-refractivity contribution is 7.99. The van der Waals surface area contributed by atoms with Crippen LogP contribution in [0.3, 0.4) is 0 Å². The number of quaternary nitrogens is 1. The number of thiophene rings is 1. The first-order valence-corrected chi connectivity index (χ1v) is 8.89. The Kier molecular flexibility index (Phi) is 6.56. The number of aryl methyl sites for hydroxylation is 1. The molecule has 1 aromatic carbocycles. The molecule has 2 aromatic rings. The van der Waals surface area contributed by atoms with Gasteiger partial charge in [-0.05, 0) is 48.2 Å². The molecule has 0 saturated heterocycles. The van der Waals surface area contributed by atoms with Crippen molar-refractivity contribution in [3.05, 3.63) is 46.2 Å². The van der Waals surface area contributed by atoms with Crippen LogP contribution >= 0.6 is 23.1 Å². The van der Waals surface area contributed by atoms with Gasteiger partial charge in [-0.15, -0.1) is 11.3 Å². The minimum absolute atomic E-state index is 0.0917. The number of nitrogens with one attached hydrogen (secondary N) is 2. The van der Waals surface area contributed by atoms with Crippen molar-refractivity contribution in [2.24, 2.45) is 0 Å². The molecule has 3 nitrogen and oxygen atoms in total. The molecule has 0 radical (unpaired) electrons. The zero-order valence-corrected chi connectivity index (χ0v) is 14.6. The average Bonchev–Trinajstić information content (AvgIpc) is 2.85. The number of carbonyl (C=O) groups is 1. The van der Waals surface area contributed by atoms with Gasteiger partial charge in [0, 0.05) is 10.6 Å². The number of rotatable bonds is 7. The van der Waals surface area contributed by atoms with E-state index in [1.165, 1.54) is 10.4 Å². The van der Waals surface area contributed by atoms with Crippen LogP contribution < -0.4 is 10.2 Å². The van der Waals surface area contributed by atoms with E-state index in [1.807, 2.05) is 7.05 Å². The predicted octanol–water partition coefficient (Wildman–Crippen LogP) is 3.02. The number of hydrogen-bond acceptors (Lipinski definition) is 3. The molecule has 1 atom stereocenters. The average molecular weight is 357 g/mol. The quantitative estimate of drug-likeness (QED) is 0.747. The molecule has 1 aromatic heterocycles. The summed E-state index contributed by atoms with van der Waals surface area (Å²) in [5.74, 6) is -2.53. The number of likely N-dealkylation sites (N-methyl/N-ethyl adjacent to an activating group) is 1. The summed E-state index contributed by atoms with van der Waals surface area (Å²) in [6, 6.07) is 8.52. The monoisotopic (exact) mass is 357 g/mol. The zero-order chi connectivity index (χ0) is 16.8. The Balaban J connectivity index is 1.83. The number of amides is 1. The summed E-state index contributed by atoms with van der Waals surface area (Å²) in [6.07, 6.45) is 0. The maximum atomic E-state index is 12.2. The number of halogens is 2. The molecule has 0 aliphatic carbocycles. The van der Waals surface area contributed by atoms with Crippen molar-refractivity contribution in [1.82, 2.24) is 0 Å². The topological polar surface area (TPSA) is 33.5 Å². The van der Waals surface area contributed by atoms with Gasteiger partial charge in [-0.3, -0.25) is 4.79 Å². The van der Waals surface area contributed by atoms with Gasteiger partial charge in [0.15, 0.2) is 6.54 Å². The highest BCUT2D eigenvalue weighted by Gasteiger charge is 2.13. The first kappa shape index (κ1) is 17.9. The molecule has 0 aliphatic heterocycles. The van der Waals surface area contributed by atoms with Crippen molar-refractivity contribution in [1.29, 1.82) is 0 Å². The van der Waals surface area contributed by atoms with Crippen molar-refractivity contribution in [2.75, 3.05) is 18.9 Å². The summed E-state index contributed by atoms with van der Waals surface area (Å²) in [6.45, 7) is 3.23. The first-order valence-electron chi connectivity index (χ1n) is 7.13. The van der Waals surface area contributed by atoms with Gasteiger partial charge in [0.05, 0.1) is 11.9 Å². The third kappa shape index (κ3) is 5.93. The fourth-order valence-corrected chi connectivity index (χ4v) is 3.64. The van der Waals surface area contributed by atoms with Crippen LogP contribution in [0.1, 0.15) is 10.4 Å². The van der Waals surface area contributed by atoms with Gasteiger partial charge in [-0.25, -0.2) is 0 Å². The molecule has 1 amide bonds. The second-order valence-electron chi connectivity index (χ2n) is 5.29. The zero-order valence-electron chi connectivity index (χ0n) is 12.9. The van der Waals surface area contributed by atoms with E-state index in [0.717, 1.165) is 11.4 Å². The van der Waals surface area contributed by atoms with Crippen molar-refractivity contribution >= 4 is 34.7 Å². The molecule has 124 valence electrons. The first-order chi connectivity index (χ1) is 10.9. The SMILES string of the molecule is Cc1ccsc1C[NH+](C)CC(=O)Nc1ccc(SC(F)F)cc1. The van der Waals surface area contributed by atoms with Crippen LogP contribution in [0.4, 0.5) is 14.5 Å². The van der Waals surface area contributed by atoms with E-state index in [4.69, 9.17) is 0 Å². The minimum Gasteiger partial charge on any atom is -0.325 e. The largest absolute Gasteiger partial charge is 0.325 e. The fourth-order valence-electron chi connectivity index (χ4n) is 2.12. The summed E-state index contributed by atoms with van der Waals surface area (Å²) in [5.41, 5.74) is 1.87. The molecule has 2 N–H and O–H groups in total. The summed E-state index contributed by atoms with van der Waals surface area (Å²) >= 11 is 2.19. The molecule has 0 aliphatic rings. The smallest absolute Gasteiger partial charge is 0.288 e. The van der Waals surface area contributed by atoms with Crippen molar-refractivity contribution in [3.8, 4) is 0 Å². The van der Waals surface area contributed by atoms with Crippen LogP contribution in [0.15, 0.2) is 40.6 Å². The molecule has 1 unspecified atom stereocenters. The number of benzene rings is 1. The molecular weight excluding hydrogens is 338 g/mol. The van der Waals surface area contributed by atoms with Gasteiger partial charge in [0.2, 0.25) is 0 Å². The Hall–Kier alpha value is -1.44. The van der Waals surface area contributed by atoms with E-state index < -0.39 is 5.76 Å². The number of alkyl halides is 2. The molecule has 7 heteroatoms. The lowest BCUT2D eigenvalue weighted by molar-refractivity contribution is -0.884. The molecular formula is C16H19F2N2OS2+. The molecule has 0 saturated carbocycles. The van der Waals surface area contributed by atoms with Crippen molar-refractivity contribution in [2.45, 2.75) is 24.1 Å². The summed E-state index contributed by atoms with van der Waals surface area (Å²) in [5, 5.41) is 4.85. The van der Waals surface area contributed by atoms with Crippen LogP contribution in [0.5, 0.6) is 0 Å². The van der Waals surface area contributed by atoms with E-state index in [9.17, 15) is 13.6 Å². The Morgan fingerprint density at radius 3 is 2.57 bits per heavy atom. The lowest BCUT2D eigenvalue weighted by Crippen LogP contribution is -3.08. The molecule has 0 bridgehead atoms. The number of thioether (sulfide) groups is 1. The normalized spacial score (nSPS) is 12.4. The van der Waals surface area contributed by atoms with Gasteiger partial charge in [-0.2, -0.15) is 8.78 Å². The molecule has 0 spiro atoms. The van der Waals surface area contributed by atoms with Gasteiger partial charge >= 0.3 is 0 Å². The van der Waals surface area contributed by atoms with E-state index in [2.05, 4.69) is 23.7 Å². The number of carbonyl (C=O) groups excluding carboxylic acids is 1. The van der Waals surface area contributed by atoms with E-state index >= 15 is 0 Å². The number of hydrogen-bond donors (Lipinski definition) is 2. The summed E-state index contributed by atoms with van der Waals surface area (Å²) < 4.78 is 24.5. The van der Waals surface area contributed by atoms with Crippen molar-refractivity contribution < 1.29 is 18.5 Å². The minimum atomic E-state index is -2.44. The van der Waals surface area contributed by atoms with Crippen LogP contribution in [0.25, 0.3) is 0 Å². The van der Waals surface area contributed by atoms with Gasteiger partial charge in [0.1, 0.15) is 6.54 Å². The van der Waals surface area contributed by atoms with Gasteiger partial charge < -0.3 is 10.2 Å². The summed E-state index contributed by atoms with van der Waals surface area (Å²) in [7, 11) is 1.97. The Bertz CT molecular complexity index is 644. The third-order valence-electron chi connectivity index (χ3n) is 3.26. The standard InChI is InChI=1S/C16H18F2N2OS2/c1-11-7-8-22-14(11)9-20(2)10-15(21)19-12-3-5-13(6-4-12)23-16(17)18/h3-8,16H,9-10H2,1-2H3,(H,19,21)/p+1. The van der Waals surface area contributed by atoms with Crippen LogP contribution in [0, 0.1) is 6.92 Å². The van der Waals surface area contributed by atoms with Crippen molar-refractivity contribution in [3.63, 3.8) is 0 Å². The highest BCUT2D eigenvalue weighted by atomic mass is 32.2. The fraction of sp³-hybridized carbons (Fsp3) is 0.312. The lowest BCUT2D eigenvalue weighted by Gasteiger charge is -2.13.